The van der Waals surface area contributed by atoms with Gasteiger partial charge in [0, 0.05) is 38.4 Å². The molecule has 0 amide bonds. The highest BCUT2D eigenvalue weighted by Crippen LogP contribution is 2.24. The van der Waals surface area contributed by atoms with Crippen molar-refractivity contribution in [3.05, 3.63) is 0 Å². The van der Waals surface area contributed by atoms with Crippen LogP contribution in [0.4, 0.5) is 0 Å². The molecule has 6 nitrogen and oxygen atoms in total. The Morgan fingerprint density at radius 2 is 1.89 bits per heavy atom. The first kappa shape index (κ1) is 15.2. The number of hydrogen-bond acceptors (Lipinski definition) is 4. The standard InChI is InChI=1S/C12H24N2O4S/c1-12(4-8-18-9-5-12)13-19(16,17)14-6-2-11(10-15)3-7-14/h11,13,15H,2-10H2,1H3. The van der Waals surface area contributed by atoms with Gasteiger partial charge in [-0.25, -0.2) is 0 Å². The summed E-state index contributed by atoms with van der Waals surface area (Å²) >= 11 is 0. The molecule has 0 unspecified atom stereocenters. The molecule has 2 aliphatic heterocycles. The number of aliphatic hydroxyl groups excluding tert-OH is 1. The van der Waals surface area contributed by atoms with E-state index in [1.165, 1.54) is 4.31 Å². The summed E-state index contributed by atoms with van der Waals surface area (Å²) in [6.45, 7) is 4.28. The fourth-order valence-electron chi connectivity index (χ4n) is 2.63. The normalized spacial score (nSPS) is 26.4. The number of piperidine rings is 1. The molecule has 0 aliphatic carbocycles. The predicted octanol–water partition coefficient (Wildman–Crippen LogP) is 0.0942. The van der Waals surface area contributed by atoms with Crippen LogP contribution in [0.5, 0.6) is 0 Å². The van der Waals surface area contributed by atoms with Crippen molar-refractivity contribution in [1.82, 2.24) is 9.03 Å². The maximum absolute atomic E-state index is 12.4. The average Bonchev–Trinajstić information content (AvgIpc) is 2.38. The molecule has 2 saturated heterocycles. The second-order valence-corrected chi connectivity index (χ2v) is 7.48. The van der Waals surface area contributed by atoms with E-state index in [9.17, 15) is 8.42 Å². The van der Waals surface area contributed by atoms with Gasteiger partial charge in [0.1, 0.15) is 0 Å². The molecule has 0 bridgehead atoms. The molecule has 2 aliphatic rings. The van der Waals surface area contributed by atoms with Gasteiger partial charge in [-0.1, -0.05) is 0 Å². The van der Waals surface area contributed by atoms with Gasteiger partial charge in [-0.2, -0.15) is 17.4 Å². The van der Waals surface area contributed by atoms with Gasteiger partial charge in [0.2, 0.25) is 0 Å². The Kier molecular flexibility index (Phi) is 4.84. The summed E-state index contributed by atoms with van der Waals surface area (Å²) in [4.78, 5) is 0. The quantitative estimate of drug-likeness (QED) is 0.770. The van der Waals surface area contributed by atoms with Gasteiger partial charge < -0.3 is 9.84 Å². The van der Waals surface area contributed by atoms with E-state index in [-0.39, 0.29) is 12.5 Å². The Labute approximate surface area is 115 Å². The molecule has 0 saturated carbocycles. The largest absolute Gasteiger partial charge is 0.396 e. The summed E-state index contributed by atoms with van der Waals surface area (Å²) in [5, 5.41) is 9.08. The Hall–Kier alpha value is -0.210. The van der Waals surface area contributed by atoms with Crippen LogP contribution in [0.2, 0.25) is 0 Å². The van der Waals surface area contributed by atoms with E-state index >= 15 is 0 Å². The fourth-order valence-corrected chi connectivity index (χ4v) is 4.28. The minimum atomic E-state index is -3.43. The van der Waals surface area contributed by atoms with Crippen LogP contribution in [0.15, 0.2) is 0 Å². The Morgan fingerprint density at radius 1 is 1.32 bits per heavy atom. The Bertz CT molecular complexity index is 385. The number of ether oxygens (including phenoxy) is 1. The predicted molar refractivity (Wildman–Crippen MR) is 71.9 cm³/mol. The number of aliphatic hydroxyl groups is 1. The van der Waals surface area contributed by atoms with Gasteiger partial charge in [0.05, 0.1) is 0 Å². The van der Waals surface area contributed by atoms with E-state index in [0.29, 0.717) is 39.1 Å². The first-order valence-corrected chi connectivity index (χ1v) is 8.37. The monoisotopic (exact) mass is 292 g/mol. The van der Waals surface area contributed by atoms with Crippen LogP contribution in [-0.2, 0) is 14.9 Å². The Balaban J connectivity index is 1.95. The summed E-state index contributed by atoms with van der Waals surface area (Å²) < 4.78 is 34.3. The maximum Gasteiger partial charge on any atom is 0.279 e. The van der Waals surface area contributed by atoms with Crippen molar-refractivity contribution in [2.45, 2.75) is 38.1 Å². The lowest BCUT2D eigenvalue weighted by Gasteiger charge is -2.37. The minimum absolute atomic E-state index is 0.149. The molecule has 0 aromatic heterocycles. The third kappa shape index (κ3) is 3.88. The second-order valence-electron chi connectivity index (χ2n) is 5.81. The zero-order chi connectivity index (χ0) is 13.9. The van der Waals surface area contributed by atoms with E-state index in [1.807, 2.05) is 6.92 Å². The van der Waals surface area contributed by atoms with Crippen molar-refractivity contribution in [1.29, 1.82) is 0 Å². The summed E-state index contributed by atoms with van der Waals surface area (Å²) in [7, 11) is -3.43. The summed E-state index contributed by atoms with van der Waals surface area (Å²) in [6, 6.07) is 0. The van der Waals surface area contributed by atoms with Crippen LogP contribution < -0.4 is 4.72 Å². The first-order valence-electron chi connectivity index (χ1n) is 6.93. The molecule has 0 radical (unpaired) electrons. The van der Waals surface area contributed by atoms with E-state index in [2.05, 4.69) is 4.72 Å². The molecule has 0 spiro atoms. The van der Waals surface area contributed by atoms with Crippen molar-refractivity contribution in [3.63, 3.8) is 0 Å². The number of nitrogens with one attached hydrogen (secondary N) is 1. The molecule has 0 aromatic rings. The van der Waals surface area contributed by atoms with Gasteiger partial charge in [-0.15, -0.1) is 0 Å². The molecule has 0 aromatic carbocycles. The lowest BCUT2D eigenvalue weighted by atomic mass is 9.94. The van der Waals surface area contributed by atoms with Crippen molar-refractivity contribution in [3.8, 4) is 0 Å². The highest BCUT2D eigenvalue weighted by atomic mass is 32.2. The molecule has 2 fully saturated rings. The van der Waals surface area contributed by atoms with Gasteiger partial charge >= 0.3 is 0 Å². The zero-order valence-corrected chi connectivity index (χ0v) is 12.3. The van der Waals surface area contributed by atoms with Gasteiger partial charge in [0.15, 0.2) is 0 Å². The fraction of sp³-hybridized carbons (Fsp3) is 1.00. The number of hydrogen-bond donors (Lipinski definition) is 2. The third-order valence-electron chi connectivity index (χ3n) is 4.14. The highest BCUT2D eigenvalue weighted by Gasteiger charge is 2.36. The van der Waals surface area contributed by atoms with Crippen molar-refractivity contribution < 1.29 is 18.3 Å². The molecule has 2 N–H and O–H groups in total. The second kappa shape index (κ2) is 6.05. The molecular formula is C12H24N2O4S. The van der Waals surface area contributed by atoms with Crippen LogP contribution >= 0.6 is 0 Å². The van der Waals surface area contributed by atoms with Crippen LogP contribution in [0.1, 0.15) is 32.6 Å². The lowest BCUT2D eigenvalue weighted by Crippen LogP contribution is -2.55. The maximum atomic E-state index is 12.4. The van der Waals surface area contributed by atoms with Gasteiger partial charge in [-0.3, -0.25) is 0 Å². The van der Waals surface area contributed by atoms with E-state index in [0.717, 1.165) is 12.8 Å². The van der Waals surface area contributed by atoms with Crippen LogP contribution in [0.25, 0.3) is 0 Å². The van der Waals surface area contributed by atoms with E-state index in [1.54, 1.807) is 0 Å². The van der Waals surface area contributed by atoms with Crippen molar-refractivity contribution >= 4 is 10.2 Å². The highest BCUT2D eigenvalue weighted by molar-refractivity contribution is 7.87. The molecule has 0 atom stereocenters. The van der Waals surface area contributed by atoms with Gasteiger partial charge in [0.25, 0.3) is 10.2 Å². The Morgan fingerprint density at radius 3 is 2.42 bits per heavy atom. The lowest BCUT2D eigenvalue weighted by molar-refractivity contribution is 0.0528. The SMILES string of the molecule is CC1(NS(=O)(=O)N2CCC(CO)CC2)CCOCC1. The molecule has 7 heteroatoms. The molecule has 2 heterocycles. The molecule has 112 valence electrons. The van der Waals surface area contributed by atoms with Crippen molar-refractivity contribution in [2.24, 2.45) is 5.92 Å². The van der Waals surface area contributed by atoms with E-state index < -0.39 is 15.7 Å². The van der Waals surface area contributed by atoms with Crippen molar-refractivity contribution in [2.75, 3.05) is 32.9 Å². The smallest absolute Gasteiger partial charge is 0.279 e. The van der Waals surface area contributed by atoms with E-state index in [4.69, 9.17) is 9.84 Å². The third-order valence-corrected chi connectivity index (χ3v) is 5.94. The average molecular weight is 292 g/mol. The number of nitrogens with zero attached hydrogens (tertiary/aromatic N) is 1. The molecule has 19 heavy (non-hydrogen) atoms. The van der Waals surface area contributed by atoms with Gasteiger partial charge in [-0.05, 0) is 38.5 Å². The molecular weight excluding hydrogens is 268 g/mol. The molecule has 2 rings (SSSR count). The van der Waals surface area contributed by atoms with Crippen LogP contribution in [-0.4, -0.2) is 56.3 Å². The topological polar surface area (TPSA) is 78.9 Å². The number of rotatable bonds is 4. The minimum Gasteiger partial charge on any atom is -0.396 e. The van der Waals surface area contributed by atoms with Crippen LogP contribution in [0, 0.1) is 5.92 Å². The zero-order valence-electron chi connectivity index (χ0n) is 11.5. The summed E-state index contributed by atoms with van der Waals surface area (Å²) in [5.41, 5.74) is -0.398. The summed E-state index contributed by atoms with van der Waals surface area (Å²) in [6.07, 6.45) is 2.88. The van der Waals surface area contributed by atoms with Crippen LogP contribution in [0.3, 0.4) is 0 Å². The summed E-state index contributed by atoms with van der Waals surface area (Å²) in [5.74, 6) is 0.241. The first-order chi connectivity index (χ1) is 8.95.